The predicted octanol–water partition coefficient (Wildman–Crippen LogP) is -2.10. The van der Waals surface area contributed by atoms with Crippen molar-refractivity contribution in [1.82, 2.24) is 25.9 Å². The zero-order chi connectivity index (χ0) is 30.5. The number of nitrogens with two attached hydrogens (primary N) is 2. The highest BCUT2D eigenvalue weighted by Crippen LogP contribution is 2.11. The molecule has 0 aliphatic heterocycles. The summed E-state index contributed by atoms with van der Waals surface area (Å²) in [5.74, 6) is -6.08. The first-order chi connectivity index (χ1) is 19.3. The fraction of sp³-hybridized carbons (Fsp3) is 0.400. The van der Waals surface area contributed by atoms with E-state index >= 15 is 0 Å². The molecule has 0 aliphatic carbocycles. The van der Waals surface area contributed by atoms with Gasteiger partial charge in [0.1, 0.15) is 23.9 Å². The monoisotopic (exact) mass is 575 g/mol. The fourth-order valence-corrected chi connectivity index (χ4v) is 3.71. The Bertz CT molecular complexity index is 1220. The van der Waals surface area contributed by atoms with Crippen LogP contribution >= 0.6 is 0 Å². The van der Waals surface area contributed by atoms with Gasteiger partial charge in [-0.3, -0.25) is 24.0 Å². The van der Waals surface area contributed by atoms with Crippen molar-refractivity contribution in [3.8, 4) is 5.75 Å². The van der Waals surface area contributed by atoms with Gasteiger partial charge in [-0.2, -0.15) is 0 Å². The van der Waals surface area contributed by atoms with Gasteiger partial charge in [-0.1, -0.05) is 12.1 Å². The number of aromatic nitrogens is 2. The quantitative estimate of drug-likeness (QED) is 0.0984. The van der Waals surface area contributed by atoms with Crippen LogP contribution in [0.3, 0.4) is 0 Å². The highest BCUT2D eigenvalue weighted by molar-refractivity contribution is 5.94. The van der Waals surface area contributed by atoms with Crippen LogP contribution < -0.4 is 27.4 Å². The highest BCUT2D eigenvalue weighted by Gasteiger charge is 2.31. The molecule has 41 heavy (non-hydrogen) atoms. The zero-order valence-electron chi connectivity index (χ0n) is 21.9. The van der Waals surface area contributed by atoms with Crippen molar-refractivity contribution in [2.75, 3.05) is 0 Å². The van der Waals surface area contributed by atoms with Gasteiger partial charge in [0.25, 0.3) is 0 Å². The van der Waals surface area contributed by atoms with E-state index in [1.165, 1.54) is 24.7 Å². The van der Waals surface area contributed by atoms with Gasteiger partial charge in [0.15, 0.2) is 0 Å². The molecule has 1 heterocycles. The first-order valence-electron chi connectivity index (χ1n) is 12.5. The molecule has 2 aromatic rings. The SMILES string of the molecule is NC(=O)CCC(NC(=O)C(CCC(=O)O)NC(=O)C(Cc1cnc[nH]1)NC(=O)C(N)Cc1ccc(O)cc1)C(=O)O. The second kappa shape index (κ2) is 15.6. The molecule has 4 amide bonds. The molecule has 1 aromatic heterocycles. The van der Waals surface area contributed by atoms with Crippen LogP contribution in [0, 0.1) is 0 Å². The van der Waals surface area contributed by atoms with E-state index in [4.69, 9.17) is 16.6 Å². The Morgan fingerprint density at radius 2 is 1.41 bits per heavy atom. The number of imidazole rings is 1. The number of phenolic OH excluding ortho intramolecular Hbond substituents is 1. The number of aromatic hydroxyl groups is 1. The lowest BCUT2D eigenvalue weighted by Gasteiger charge is -2.25. The van der Waals surface area contributed by atoms with Gasteiger partial charge in [-0.25, -0.2) is 9.78 Å². The molecule has 0 aliphatic rings. The van der Waals surface area contributed by atoms with Gasteiger partial charge in [-0.05, 0) is 37.0 Å². The molecule has 4 atom stereocenters. The van der Waals surface area contributed by atoms with Crippen molar-refractivity contribution >= 4 is 35.6 Å². The summed E-state index contributed by atoms with van der Waals surface area (Å²) in [5.41, 5.74) is 12.2. The topological polar surface area (TPSA) is 280 Å². The number of primary amides is 1. The van der Waals surface area contributed by atoms with Crippen molar-refractivity contribution in [3.63, 3.8) is 0 Å². The summed E-state index contributed by atoms with van der Waals surface area (Å²) < 4.78 is 0. The van der Waals surface area contributed by atoms with Gasteiger partial charge < -0.3 is 47.7 Å². The smallest absolute Gasteiger partial charge is 0.326 e. The van der Waals surface area contributed by atoms with Crippen LogP contribution in [0.4, 0.5) is 0 Å². The number of carboxylic acid groups (broad SMARTS) is 2. The number of hydrogen-bond donors (Lipinski definition) is 9. The molecule has 1 aromatic carbocycles. The lowest BCUT2D eigenvalue weighted by molar-refractivity contribution is -0.143. The maximum Gasteiger partial charge on any atom is 0.326 e. The average Bonchev–Trinajstić information content (AvgIpc) is 3.42. The van der Waals surface area contributed by atoms with E-state index in [2.05, 4.69) is 25.9 Å². The first kappa shape index (κ1) is 32.2. The van der Waals surface area contributed by atoms with E-state index in [1.54, 1.807) is 12.1 Å². The van der Waals surface area contributed by atoms with Crippen LogP contribution in [-0.4, -0.2) is 85.0 Å². The van der Waals surface area contributed by atoms with E-state index in [9.17, 15) is 39.0 Å². The number of phenols is 1. The fourth-order valence-electron chi connectivity index (χ4n) is 3.71. The predicted molar refractivity (Wildman–Crippen MR) is 141 cm³/mol. The summed E-state index contributed by atoms with van der Waals surface area (Å²) in [6.07, 6.45) is 1.12. The Labute approximate surface area is 233 Å². The Hall–Kier alpha value is -4.99. The van der Waals surface area contributed by atoms with Crippen molar-refractivity contribution in [2.45, 2.75) is 62.7 Å². The van der Waals surface area contributed by atoms with Crippen LogP contribution in [-0.2, 0) is 41.6 Å². The largest absolute Gasteiger partial charge is 0.508 e. The molecular formula is C25H33N7O9. The summed E-state index contributed by atoms with van der Waals surface area (Å²) in [4.78, 5) is 79.5. The number of hydrogen-bond acceptors (Lipinski definition) is 9. The number of carbonyl (C=O) groups is 6. The van der Waals surface area contributed by atoms with E-state index in [0.717, 1.165) is 0 Å². The van der Waals surface area contributed by atoms with Gasteiger partial charge in [0, 0.05) is 31.2 Å². The van der Waals surface area contributed by atoms with Crippen molar-refractivity contribution < 1.29 is 44.1 Å². The molecule has 0 bridgehead atoms. The number of aliphatic carboxylic acids is 2. The van der Waals surface area contributed by atoms with E-state index < -0.39 is 72.6 Å². The van der Waals surface area contributed by atoms with Crippen LogP contribution in [0.15, 0.2) is 36.8 Å². The summed E-state index contributed by atoms with van der Waals surface area (Å²) in [6, 6.07) is 0.606. The number of carboxylic acids is 2. The molecule has 16 nitrogen and oxygen atoms in total. The number of H-pyrrole nitrogens is 1. The molecule has 16 heteroatoms. The number of rotatable bonds is 17. The average molecular weight is 576 g/mol. The number of nitrogens with zero attached hydrogens (tertiary/aromatic N) is 1. The first-order valence-corrected chi connectivity index (χ1v) is 12.5. The minimum absolute atomic E-state index is 0.0344. The highest BCUT2D eigenvalue weighted by atomic mass is 16.4. The molecule has 2 rings (SSSR count). The lowest BCUT2D eigenvalue weighted by atomic mass is 10.0. The van der Waals surface area contributed by atoms with Gasteiger partial charge in [0.2, 0.25) is 23.6 Å². The van der Waals surface area contributed by atoms with Gasteiger partial charge in [-0.15, -0.1) is 0 Å². The third-order valence-corrected chi connectivity index (χ3v) is 5.91. The molecule has 4 unspecified atom stereocenters. The normalized spacial score (nSPS) is 13.7. The van der Waals surface area contributed by atoms with Crippen molar-refractivity contribution in [3.05, 3.63) is 48.0 Å². The Morgan fingerprint density at radius 1 is 0.829 bits per heavy atom. The maximum absolute atomic E-state index is 13.3. The van der Waals surface area contributed by atoms with Crippen LogP contribution in [0.2, 0.25) is 0 Å². The standard InChI is InChI=1S/C25H33N7O9/c26-16(9-13-1-3-15(33)4-2-13)22(37)32-19(10-14-11-28-12-29-14)24(39)30-17(6-8-21(35)36)23(38)31-18(25(40)41)5-7-20(27)34/h1-4,11-12,16-19,33H,5-10,26H2,(H2,27,34)(H,28,29)(H,30,39)(H,31,38)(H,32,37)(H,35,36)(H,40,41). The lowest BCUT2D eigenvalue weighted by Crippen LogP contribution is -2.58. The van der Waals surface area contributed by atoms with Crippen molar-refractivity contribution in [1.29, 1.82) is 0 Å². The van der Waals surface area contributed by atoms with Crippen molar-refractivity contribution in [2.24, 2.45) is 11.5 Å². The number of amides is 4. The summed E-state index contributed by atoms with van der Waals surface area (Å²) in [5, 5.41) is 35.0. The summed E-state index contributed by atoms with van der Waals surface area (Å²) >= 11 is 0. The Morgan fingerprint density at radius 3 is 1.98 bits per heavy atom. The number of nitrogens with one attached hydrogen (secondary N) is 4. The van der Waals surface area contributed by atoms with E-state index in [1.807, 2.05) is 0 Å². The molecule has 0 saturated heterocycles. The van der Waals surface area contributed by atoms with Gasteiger partial charge in [0.05, 0.1) is 12.4 Å². The van der Waals surface area contributed by atoms with E-state index in [-0.39, 0.29) is 31.4 Å². The van der Waals surface area contributed by atoms with Crippen LogP contribution in [0.25, 0.3) is 0 Å². The Balaban J connectivity index is 2.19. The van der Waals surface area contributed by atoms with E-state index in [0.29, 0.717) is 11.3 Å². The third kappa shape index (κ3) is 11.3. The van der Waals surface area contributed by atoms with Crippen LogP contribution in [0.1, 0.15) is 36.9 Å². The molecule has 11 N–H and O–H groups in total. The molecule has 222 valence electrons. The minimum Gasteiger partial charge on any atom is -0.508 e. The van der Waals surface area contributed by atoms with Crippen LogP contribution in [0.5, 0.6) is 5.75 Å². The minimum atomic E-state index is -1.53. The number of aromatic amines is 1. The van der Waals surface area contributed by atoms with Gasteiger partial charge >= 0.3 is 11.9 Å². The zero-order valence-corrected chi connectivity index (χ0v) is 21.9. The molecular weight excluding hydrogens is 542 g/mol. The maximum atomic E-state index is 13.3. The summed E-state index contributed by atoms with van der Waals surface area (Å²) in [6.45, 7) is 0. The molecule has 0 radical (unpaired) electrons. The second-order valence-corrected chi connectivity index (χ2v) is 9.22. The molecule has 0 fully saturated rings. The third-order valence-electron chi connectivity index (χ3n) is 5.91. The molecule has 0 saturated carbocycles. The number of benzene rings is 1. The number of carbonyl (C=O) groups excluding carboxylic acids is 4. The Kier molecular flexibility index (Phi) is 12.2. The summed E-state index contributed by atoms with van der Waals surface area (Å²) in [7, 11) is 0. The second-order valence-electron chi connectivity index (χ2n) is 9.22. The molecule has 0 spiro atoms.